The van der Waals surface area contributed by atoms with Crippen LogP contribution in [0.4, 0.5) is 26.3 Å². The third kappa shape index (κ3) is 6.84. The van der Waals surface area contributed by atoms with Gasteiger partial charge in [-0.3, -0.25) is 14.0 Å². The molecule has 4 atom stereocenters. The molecule has 39 heavy (non-hydrogen) atoms. The van der Waals surface area contributed by atoms with Crippen LogP contribution in [0, 0.1) is 23.7 Å². The molecule has 2 heterocycles. The minimum Gasteiger partial charge on any atom is -0.349 e. The van der Waals surface area contributed by atoms with Crippen molar-refractivity contribution >= 4 is 17.5 Å². The van der Waals surface area contributed by atoms with Crippen molar-refractivity contribution in [1.82, 2.24) is 25.2 Å². The van der Waals surface area contributed by atoms with Gasteiger partial charge < -0.3 is 10.6 Å². The molecule has 13 heteroatoms. The van der Waals surface area contributed by atoms with Crippen molar-refractivity contribution in [1.29, 1.82) is 0 Å². The SMILES string of the molecule is O=C(CCC(F)(F)F)N[C@@H](c1cnn2cc([C@@H](NC(=O)[C@@H]3C[C@@H]3CF)C3CCC(F)(F)CC3)nc2c1)C1CC1. The van der Waals surface area contributed by atoms with E-state index in [9.17, 15) is 35.9 Å². The zero-order chi connectivity index (χ0) is 27.9. The second kappa shape index (κ2) is 10.6. The summed E-state index contributed by atoms with van der Waals surface area (Å²) in [5.41, 5.74) is 1.44. The maximum Gasteiger partial charge on any atom is 0.389 e. The monoisotopic (exact) mass is 559 g/mol. The second-order valence-electron chi connectivity index (χ2n) is 11.2. The summed E-state index contributed by atoms with van der Waals surface area (Å²) >= 11 is 0. The molecule has 3 fully saturated rings. The lowest BCUT2D eigenvalue weighted by molar-refractivity contribution is -0.144. The quantitative estimate of drug-likeness (QED) is 0.391. The number of carbonyl (C=O) groups is 2. The molecule has 2 amide bonds. The lowest BCUT2D eigenvalue weighted by Crippen LogP contribution is -2.38. The first-order valence-electron chi connectivity index (χ1n) is 13.4. The number of nitrogens with zero attached hydrogens (tertiary/aromatic N) is 3. The van der Waals surface area contributed by atoms with E-state index in [1.807, 2.05) is 0 Å². The van der Waals surface area contributed by atoms with E-state index in [0.29, 0.717) is 23.3 Å². The Bertz CT molecular complexity index is 1200. The molecule has 2 aromatic rings. The average Bonchev–Trinajstić information content (AvgIpc) is 3.80. The summed E-state index contributed by atoms with van der Waals surface area (Å²) in [5, 5.41) is 10.0. The van der Waals surface area contributed by atoms with Gasteiger partial charge in [0.2, 0.25) is 17.7 Å². The number of aromatic nitrogens is 3. The highest BCUT2D eigenvalue weighted by atomic mass is 19.4. The van der Waals surface area contributed by atoms with Crippen molar-refractivity contribution in [3.63, 3.8) is 0 Å². The Morgan fingerprint density at radius 3 is 2.38 bits per heavy atom. The Balaban J connectivity index is 1.36. The first-order chi connectivity index (χ1) is 18.4. The van der Waals surface area contributed by atoms with Crippen molar-refractivity contribution in [3.8, 4) is 0 Å². The summed E-state index contributed by atoms with van der Waals surface area (Å²) in [6, 6.07) is 0.533. The van der Waals surface area contributed by atoms with E-state index in [-0.39, 0.29) is 49.3 Å². The van der Waals surface area contributed by atoms with E-state index in [1.165, 1.54) is 10.7 Å². The van der Waals surface area contributed by atoms with Crippen LogP contribution in [0.1, 0.15) is 81.1 Å². The van der Waals surface area contributed by atoms with Crippen LogP contribution in [-0.4, -0.2) is 45.2 Å². The minimum atomic E-state index is -4.42. The summed E-state index contributed by atoms with van der Waals surface area (Å²) in [4.78, 5) is 29.7. The third-order valence-corrected chi connectivity index (χ3v) is 8.07. The smallest absolute Gasteiger partial charge is 0.349 e. The molecule has 3 aliphatic rings. The summed E-state index contributed by atoms with van der Waals surface area (Å²) in [5.74, 6) is -4.73. The topological polar surface area (TPSA) is 88.4 Å². The standard InChI is InChI=1S/C26H31F6N5O2/c27-11-16-9-18(16)24(39)36-23(15-3-6-25(28,29)7-4-15)19-13-37-20(34-19)10-17(12-33-37)22(14-1-2-14)35-21(38)5-8-26(30,31)32/h10,12-16,18,22-23H,1-9,11H2,(H,35,38)(H,36,39)/t16-,18-,22-,23+/m1/s1. The number of hydrogen-bond acceptors (Lipinski definition) is 4. The maximum absolute atomic E-state index is 13.9. The molecule has 3 aliphatic carbocycles. The highest BCUT2D eigenvalue weighted by Crippen LogP contribution is 2.44. The number of hydrogen-bond donors (Lipinski definition) is 2. The Labute approximate surface area is 221 Å². The van der Waals surface area contributed by atoms with Gasteiger partial charge in [-0.1, -0.05) is 0 Å². The lowest BCUT2D eigenvalue weighted by atomic mass is 9.81. The predicted molar refractivity (Wildman–Crippen MR) is 127 cm³/mol. The Morgan fingerprint density at radius 2 is 1.77 bits per heavy atom. The summed E-state index contributed by atoms with van der Waals surface area (Å²) in [6.07, 6.45) is -1.29. The van der Waals surface area contributed by atoms with Crippen molar-refractivity contribution in [2.45, 2.75) is 82.0 Å². The van der Waals surface area contributed by atoms with Crippen LogP contribution in [0.3, 0.4) is 0 Å². The molecule has 0 aromatic carbocycles. The molecule has 0 unspecified atom stereocenters. The van der Waals surface area contributed by atoms with E-state index in [2.05, 4.69) is 20.7 Å². The van der Waals surface area contributed by atoms with E-state index in [0.717, 1.165) is 12.8 Å². The number of nitrogens with one attached hydrogen (secondary N) is 2. The highest BCUT2D eigenvalue weighted by Gasteiger charge is 2.45. The van der Waals surface area contributed by atoms with E-state index >= 15 is 0 Å². The van der Waals surface area contributed by atoms with Gasteiger partial charge >= 0.3 is 6.18 Å². The number of fused-ring (bicyclic) bond motifs is 1. The van der Waals surface area contributed by atoms with Gasteiger partial charge in [0.15, 0.2) is 5.65 Å². The Kier molecular flexibility index (Phi) is 7.53. The highest BCUT2D eigenvalue weighted by molar-refractivity contribution is 5.82. The molecule has 0 aliphatic heterocycles. The number of imidazole rings is 1. The molecule has 3 saturated carbocycles. The van der Waals surface area contributed by atoms with Crippen molar-refractivity contribution in [3.05, 3.63) is 29.7 Å². The first kappa shape index (κ1) is 27.7. The molecular formula is C26H31F6N5O2. The molecule has 0 radical (unpaired) electrons. The summed E-state index contributed by atoms with van der Waals surface area (Å²) in [7, 11) is 0. The predicted octanol–water partition coefficient (Wildman–Crippen LogP) is 5.23. The number of halogens is 6. The summed E-state index contributed by atoms with van der Waals surface area (Å²) in [6.45, 7) is -0.589. The number of carbonyl (C=O) groups excluding carboxylic acids is 2. The molecule has 0 spiro atoms. The Hall–Kier alpha value is -2.86. The molecular weight excluding hydrogens is 528 g/mol. The van der Waals surface area contributed by atoms with Gasteiger partial charge in [0.05, 0.1) is 43.3 Å². The fourth-order valence-electron chi connectivity index (χ4n) is 5.46. The fraction of sp³-hybridized carbons (Fsp3) is 0.692. The van der Waals surface area contributed by atoms with Crippen LogP contribution in [0.15, 0.2) is 18.5 Å². The molecule has 5 rings (SSSR count). The lowest BCUT2D eigenvalue weighted by Gasteiger charge is -2.33. The van der Waals surface area contributed by atoms with Crippen molar-refractivity contribution in [2.75, 3.05) is 6.67 Å². The van der Waals surface area contributed by atoms with Crippen LogP contribution in [0.5, 0.6) is 0 Å². The second-order valence-corrected chi connectivity index (χ2v) is 11.2. The van der Waals surface area contributed by atoms with E-state index in [4.69, 9.17) is 0 Å². The number of alkyl halides is 6. The minimum absolute atomic E-state index is 0.0801. The third-order valence-electron chi connectivity index (χ3n) is 8.07. The van der Waals surface area contributed by atoms with Gasteiger partial charge in [0.1, 0.15) is 0 Å². The fourth-order valence-corrected chi connectivity index (χ4v) is 5.46. The van der Waals surface area contributed by atoms with Crippen LogP contribution >= 0.6 is 0 Å². The van der Waals surface area contributed by atoms with Crippen LogP contribution in [0.25, 0.3) is 5.65 Å². The molecule has 2 N–H and O–H groups in total. The van der Waals surface area contributed by atoms with Gasteiger partial charge in [0.25, 0.3) is 0 Å². The number of rotatable bonds is 10. The summed E-state index contributed by atoms with van der Waals surface area (Å²) < 4.78 is 79.8. The van der Waals surface area contributed by atoms with Gasteiger partial charge in [-0.05, 0) is 61.5 Å². The van der Waals surface area contributed by atoms with Gasteiger partial charge in [-0.25, -0.2) is 18.3 Å². The largest absolute Gasteiger partial charge is 0.389 e. The van der Waals surface area contributed by atoms with Gasteiger partial charge in [0, 0.05) is 25.2 Å². The van der Waals surface area contributed by atoms with Crippen LogP contribution in [0.2, 0.25) is 0 Å². The molecule has 0 saturated heterocycles. The first-order valence-corrected chi connectivity index (χ1v) is 13.4. The van der Waals surface area contributed by atoms with E-state index in [1.54, 1.807) is 12.3 Å². The molecule has 214 valence electrons. The number of amides is 2. The maximum atomic E-state index is 13.9. The van der Waals surface area contributed by atoms with Crippen molar-refractivity contribution in [2.24, 2.45) is 23.7 Å². The van der Waals surface area contributed by atoms with E-state index < -0.39 is 55.5 Å². The van der Waals surface area contributed by atoms with Crippen LogP contribution < -0.4 is 10.6 Å². The van der Waals surface area contributed by atoms with Crippen LogP contribution in [-0.2, 0) is 9.59 Å². The molecule has 2 aromatic heterocycles. The molecule has 7 nitrogen and oxygen atoms in total. The van der Waals surface area contributed by atoms with Gasteiger partial charge in [-0.2, -0.15) is 18.3 Å². The molecule has 0 bridgehead atoms. The zero-order valence-electron chi connectivity index (χ0n) is 21.2. The van der Waals surface area contributed by atoms with Crippen molar-refractivity contribution < 1.29 is 35.9 Å². The van der Waals surface area contributed by atoms with Gasteiger partial charge in [-0.15, -0.1) is 0 Å². The average molecular weight is 560 g/mol. The zero-order valence-corrected chi connectivity index (χ0v) is 21.2. The Morgan fingerprint density at radius 1 is 1.08 bits per heavy atom. The normalized spacial score (nSPS) is 24.8.